The van der Waals surface area contributed by atoms with Crippen molar-refractivity contribution in [1.29, 1.82) is 0 Å². The molecule has 2 saturated heterocycles. The molecule has 0 N–H and O–H groups in total. The molecule has 3 heterocycles. The van der Waals surface area contributed by atoms with Crippen molar-refractivity contribution in [2.75, 3.05) is 26.2 Å². The van der Waals surface area contributed by atoms with Crippen molar-refractivity contribution >= 4 is 17.5 Å². The summed E-state index contributed by atoms with van der Waals surface area (Å²) < 4.78 is 19.5. The van der Waals surface area contributed by atoms with Gasteiger partial charge in [-0.1, -0.05) is 16.8 Å². The smallest absolute Gasteiger partial charge is 0.256 e. The number of rotatable bonds is 5. The fourth-order valence-electron chi connectivity index (χ4n) is 4.14. The molecule has 5 rings (SSSR count). The topological polar surface area (TPSA) is 62.5 Å². The van der Waals surface area contributed by atoms with E-state index in [1.807, 2.05) is 0 Å². The Balaban J connectivity index is 1.22. The van der Waals surface area contributed by atoms with Crippen molar-refractivity contribution in [3.05, 3.63) is 46.3 Å². The third-order valence-corrected chi connectivity index (χ3v) is 6.22. The van der Waals surface area contributed by atoms with Gasteiger partial charge in [-0.05, 0) is 56.3 Å². The normalized spacial score (nSPS) is 23.2. The number of nitrogens with zero attached hydrogens (tertiary/aromatic N) is 4. The second-order valence-electron chi connectivity index (χ2n) is 8.12. The lowest BCUT2D eigenvalue weighted by Crippen LogP contribution is -2.49. The van der Waals surface area contributed by atoms with Gasteiger partial charge in [-0.2, -0.15) is 4.98 Å². The molecular weight excluding hydrogens is 383 g/mol. The Morgan fingerprint density at radius 2 is 2.11 bits per heavy atom. The molecule has 6 nitrogen and oxygen atoms in total. The first-order chi connectivity index (χ1) is 13.6. The van der Waals surface area contributed by atoms with Crippen LogP contribution in [-0.4, -0.2) is 52.0 Å². The molecule has 0 bridgehead atoms. The first-order valence-corrected chi connectivity index (χ1v) is 10.3. The first-order valence-electron chi connectivity index (χ1n) is 9.90. The fourth-order valence-corrected chi connectivity index (χ4v) is 4.32. The van der Waals surface area contributed by atoms with Crippen LogP contribution in [0.1, 0.15) is 59.7 Å². The van der Waals surface area contributed by atoms with Crippen LogP contribution in [0.15, 0.2) is 22.7 Å². The molecule has 1 saturated carbocycles. The van der Waals surface area contributed by atoms with Gasteiger partial charge in [0.1, 0.15) is 5.82 Å². The molecule has 0 radical (unpaired) electrons. The monoisotopic (exact) mass is 404 g/mol. The third-order valence-electron chi connectivity index (χ3n) is 5.99. The summed E-state index contributed by atoms with van der Waals surface area (Å²) in [7, 11) is 0. The van der Waals surface area contributed by atoms with E-state index >= 15 is 0 Å². The maximum absolute atomic E-state index is 13.9. The summed E-state index contributed by atoms with van der Waals surface area (Å²) in [6.45, 7) is 3.13. The van der Waals surface area contributed by atoms with Gasteiger partial charge in [0.05, 0.1) is 17.5 Å². The van der Waals surface area contributed by atoms with Crippen molar-refractivity contribution in [2.45, 2.75) is 37.6 Å². The average Bonchev–Trinajstić information content (AvgIpc) is 3.12. The van der Waals surface area contributed by atoms with Crippen molar-refractivity contribution in [2.24, 2.45) is 5.92 Å². The molecule has 1 aromatic heterocycles. The second-order valence-corrected chi connectivity index (χ2v) is 8.55. The van der Waals surface area contributed by atoms with Crippen molar-refractivity contribution in [3.63, 3.8) is 0 Å². The molecule has 1 unspecified atom stereocenters. The maximum Gasteiger partial charge on any atom is 0.256 e. The van der Waals surface area contributed by atoms with Crippen LogP contribution in [0.5, 0.6) is 0 Å². The summed E-state index contributed by atoms with van der Waals surface area (Å²) in [6, 6.07) is 4.24. The van der Waals surface area contributed by atoms with Crippen molar-refractivity contribution < 1.29 is 13.7 Å². The summed E-state index contributed by atoms with van der Waals surface area (Å²) in [4.78, 5) is 21.2. The summed E-state index contributed by atoms with van der Waals surface area (Å²) in [5.74, 6) is 1.29. The van der Waals surface area contributed by atoms with Crippen LogP contribution >= 0.6 is 11.6 Å². The van der Waals surface area contributed by atoms with Crippen LogP contribution in [0.4, 0.5) is 4.39 Å². The van der Waals surface area contributed by atoms with Gasteiger partial charge < -0.3 is 9.42 Å². The molecule has 1 atom stereocenters. The molecule has 148 valence electrons. The van der Waals surface area contributed by atoms with E-state index in [2.05, 4.69) is 15.0 Å². The number of amides is 1. The second kappa shape index (κ2) is 7.12. The number of hydrogen-bond donors (Lipinski definition) is 0. The van der Waals surface area contributed by atoms with Crippen LogP contribution in [0.25, 0.3) is 0 Å². The largest absolute Gasteiger partial charge is 0.338 e. The molecule has 8 heteroatoms. The van der Waals surface area contributed by atoms with Crippen molar-refractivity contribution in [1.82, 2.24) is 19.9 Å². The van der Waals surface area contributed by atoms with E-state index in [9.17, 15) is 9.18 Å². The van der Waals surface area contributed by atoms with E-state index in [4.69, 9.17) is 16.1 Å². The molecule has 2 aliphatic heterocycles. The summed E-state index contributed by atoms with van der Waals surface area (Å²) >= 11 is 5.89. The standard InChI is InChI=1S/C20H22ClFN4O2/c21-14-5-6-16(22)15(8-14)20(27)26-10-13(11-26)18-23-19(28-24-18)17-2-1-7-25(17)9-12-3-4-12/h5-6,8,12-13,17H,1-4,7,9-11H2. The Morgan fingerprint density at radius 1 is 1.29 bits per heavy atom. The van der Waals surface area contributed by atoms with E-state index in [0.717, 1.165) is 31.8 Å². The molecule has 28 heavy (non-hydrogen) atoms. The van der Waals surface area contributed by atoms with Gasteiger partial charge in [-0.25, -0.2) is 4.39 Å². The number of hydrogen-bond acceptors (Lipinski definition) is 5. The summed E-state index contributed by atoms with van der Waals surface area (Å²) in [5, 5.41) is 4.51. The Bertz CT molecular complexity index is 894. The highest BCUT2D eigenvalue weighted by molar-refractivity contribution is 6.31. The quantitative estimate of drug-likeness (QED) is 0.761. The molecule has 0 spiro atoms. The minimum atomic E-state index is -0.559. The summed E-state index contributed by atoms with van der Waals surface area (Å²) in [6.07, 6.45) is 4.87. The number of aromatic nitrogens is 2. The van der Waals surface area contributed by atoms with Gasteiger partial charge in [0, 0.05) is 24.7 Å². The molecule has 2 aromatic rings. The van der Waals surface area contributed by atoms with Gasteiger partial charge >= 0.3 is 0 Å². The van der Waals surface area contributed by atoms with Crippen LogP contribution in [0.2, 0.25) is 5.02 Å². The number of carbonyl (C=O) groups excluding carboxylic acids is 1. The summed E-state index contributed by atoms with van der Waals surface area (Å²) in [5.41, 5.74) is 0.00132. The van der Waals surface area contributed by atoms with Crippen LogP contribution in [0.3, 0.4) is 0 Å². The van der Waals surface area contributed by atoms with Gasteiger partial charge in [0.15, 0.2) is 5.82 Å². The minimum Gasteiger partial charge on any atom is -0.338 e. The minimum absolute atomic E-state index is 0.00132. The lowest BCUT2D eigenvalue weighted by atomic mass is 9.98. The number of likely N-dealkylation sites (tertiary alicyclic amines) is 2. The molecule has 1 aliphatic carbocycles. The van der Waals surface area contributed by atoms with Crippen LogP contribution in [-0.2, 0) is 0 Å². The zero-order valence-corrected chi connectivity index (χ0v) is 16.2. The number of carbonyl (C=O) groups is 1. The highest BCUT2D eigenvalue weighted by Gasteiger charge is 2.39. The lowest BCUT2D eigenvalue weighted by molar-refractivity contribution is 0.0587. The number of halogens is 2. The predicted octanol–water partition coefficient (Wildman–Crippen LogP) is 3.65. The van der Waals surface area contributed by atoms with Crippen LogP contribution in [0, 0.1) is 11.7 Å². The van der Waals surface area contributed by atoms with Gasteiger partial charge in [0.2, 0.25) is 5.89 Å². The Kier molecular flexibility index (Phi) is 4.59. The molecule has 1 aromatic carbocycles. The molecule has 3 aliphatic rings. The predicted molar refractivity (Wildman–Crippen MR) is 101 cm³/mol. The Morgan fingerprint density at radius 3 is 2.89 bits per heavy atom. The van der Waals surface area contributed by atoms with Gasteiger partial charge in [0.25, 0.3) is 5.91 Å². The van der Waals surface area contributed by atoms with E-state index in [-0.39, 0.29) is 23.4 Å². The first kappa shape index (κ1) is 18.1. The van der Waals surface area contributed by atoms with Gasteiger partial charge in [-0.3, -0.25) is 9.69 Å². The van der Waals surface area contributed by atoms with E-state index in [1.54, 1.807) is 4.90 Å². The molecule has 1 amide bonds. The highest BCUT2D eigenvalue weighted by Crippen LogP contribution is 2.38. The maximum atomic E-state index is 13.9. The van der Waals surface area contributed by atoms with E-state index in [1.165, 1.54) is 31.0 Å². The molecular formula is C20H22ClFN4O2. The SMILES string of the molecule is O=C(c1cc(Cl)ccc1F)N1CC(c2noc(C3CCCN3CC3CC3)n2)C1. The Labute approximate surface area is 167 Å². The van der Waals surface area contributed by atoms with Crippen LogP contribution < -0.4 is 0 Å². The average molecular weight is 405 g/mol. The zero-order valence-electron chi connectivity index (χ0n) is 15.5. The van der Waals surface area contributed by atoms with E-state index < -0.39 is 5.82 Å². The van der Waals surface area contributed by atoms with E-state index in [0.29, 0.717) is 29.8 Å². The number of benzene rings is 1. The lowest BCUT2D eigenvalue weighted by Gasteiger charge is -2.37. The molecule has 3 fully saturated rings. The van der Waals surface area contributed by atoms with Crippen molar-refractivity contribution in [3.8, 4) is 0 Å². The highest BCUT2D eigenvalue weighted by atomic mass is 35.5. The van der Waals surface area contributed by atoms with Gasteiger partial charge in [-0.15, -0.1) is 0 Å². The fraction of sp³-hybridized carbons (Fsp3) is 0.550. The zero-order chi connectivity index (χ0) is 19.3. The Hall–Kier alpha value is -1.99. The third kappa shape index (κ3) is 3.42.